The third-order valence-corrected chi connectivity index (χ3v) is 1.97. The predicted octanol–water partition coefficient (Wildman–Crippen LogP) is 0.792. The van der Waals surface area contributed by atoms with Crippen molar-refractivity contribution >= 4 is 11.9 Å². The number of rotatable bonds is 6. The molecule has 92 valence electrons. The summed E-state index contributed by atoms with van der Waals surface area (Å²) in [6.45, 7) is 1.80. The maximum Gasteiger partial charge on any atom is 0.309 e. The highest BCUT2D eigenvalue weighted by molar-refractivity contribution is 5.78. The van der Waals surface area contributed by atoms with Crippen molar-refractivity contribution in [2.24, 2.45) is 5.73 Å². The maximum absolute atomic E-state index is 11.1. The Balaban J connectivity index is 2.21. The summed E-state index contributed by atoms with van der Waals surface area (Å²) in [4.78, 5) is 21.4. The molecule has 1 rings (SSSR count). The van der Waals surface area contributed by atoms with Crippen molar-refractivity contribution < 1.29 is 19.1 Å². The Kier molecular flexibility index (Phi) is 5.00. The number of carbonyl (C=O) groups excluding carboxylic acids is 2. The Hall–Kier alpha value is -2.04. The molecule has 0 spiro atoms. The first-order valence-electron chi connectivity index (χ1n) is 5.21. The van der Waals surface area contributed by atoms with Crippen LogP contribution in [0.2, 0.25) is 0 Å². The quantitative estimate of drug-likeness (QED) is 0.742. The topological polar surface area (TPSA) is 78.6 Å². The molecule has 0 saturated carbocycles. The minimum Gasteiger partial charge on any atom is -0.493 e. The van der Waals surface area contributed by atoms with Crippen molar-refractivity contribution in [1.82, 2.24) is 0 Å². The first-order chi connectivity index (χ1) is 8.08. The van der Waals surface area contributed by atoms with Gasteiger partial charge < -0.3 is 15.2 Å². The maximum atomic E-state index is 11.1. The third-order valence-electron chi connectivity index (χ3n) is 1.97. The van der Waals surface area contributed by atoms with Crippen molar-refractivity contribution in [1.29, 1.82) is 0 Å². The van der Waals surface area contributed by atoms with Crippen LogP contribution in [0.1, 0.15) is 12.0 Å². The van der Waals surface area contributed by atoms with E-state index in [4.69, 9.17) is 10.5 Å². The molecule has 0 aliphatic carbocycles. The zero-order valence-corrected chi connectivity index (χ0v) is 9.64. The van der Waals surface area contributed by atoms with Gasteiger partial charge in [-0.05, 0) is 19.1 Å². The summed E-state index contributed by atoms with van der Waals surface area (Å²) in [5.74, 6) is -0.480. The van der Waals surface area contributed by atoms with Crippen molar-refractivity contribution in [2.45, 2.75) is 13.3 Å². The Labute approximate surface area is 99.5 Å². The molecule has 0 heterocycles. The Morgan fingerprint density at radius 3 is 2.47 bits per heavy atom. The van der Waals surface area contributed by atoms with E-state index in [1.54, 1.807) is 0 Å². The predicted molar refractivity (Wildman–Crippen MR) is 61.4 cm³/mol. The number of benzene rings is 1. The summed E-state index contributed by atoms with van der Waals surface area (Å²) < 4.78 is 9.89. The van der Waals surface area contributed by atoms with Gasteiger partial charge in [-0.2, -0.15) is 0 Å². The average molecular weight is 237 g/mol. The van der Waals surface area contributed by atoms with Gasteiger partial charge in [0.2, 0.25) is 0 Å². The van der Waals surface area contributed by atoms with E-state index >= 15 is 0 Å². The lowest BCUT2D eigenvalue weighted by Crippen LogP contribution is -2.21. The summed E-state index contributed by atoms with van der Waals surface area (Å²) >= 11 is 0. The fourth-order valence-corrected chi connectivity index (χ4v) is 1.11. The zero-order valence-electron chi connectivity index (χ0n) is 9.64. The second-order valence-corrected chi connectivity index (χ2v) is 3.54. The van der Waals surface area contributed by atoms with Crippen LogP contribution in [0.5, 0.6) is 5.75 Å². The molecule has 1 aromatic rings. The second-order valence-electron chi connectivity index (χ2n) is 3.54. The van der Waals surface area contributed by atoms with E-state index in [0.717, 1.165) is 5.56 Å². The third kappa shape index (κ3) is 5.55. The van der Waals surface area contributed by atoms with E-state index < -0.39 is 11.9 Å². The van der Waals surface area contributed by atoms with E-state index in [2.05, 4.69) is 4.74 Å². The van der Waals surface area contributed by atoms with Gasteiger partial charge in [0.15, 0.2) is 6.61 Å². The van der Waals surface area contributed by atoms with E-state index in [9.17, 15) is 9.59 Å². The van der Waals surface area contributed by atoms with E-state index in [1.807, 2.05) is 31.2 Å². The average Bonchev–Trinajstić information content (AvgIpc) is 2.29. The van der Waals surface area contributed by atoms with Crippen LogP contribution in [0.25, 0.3) is 0 Å². The van der Waals surface area contributed by atoms with Gasteiger partial charge in [-0.25, -0.2) is 0 Å². The molecule has 0 radical (unpaired) electrons. The fourth-order valence-electron chi connectivity index (χ4n) is 1.11. The molecule has 0 bridgehead atoms. The van der Waals surface area contributed by atoms with Gasteiger partial charge in [-0.3, -0.25) is 9.59 Å². The number of nitrogens with two attached hydrogens (primary N) is 1. The molecule has 0 atom stereocenters. The van der Waals surface area contributed by atoms with Crippen LogP contribution in [0.3, 0.4) is 0 Å². The molecule has 0 saturated heterocycles. The highest BCUT2D eigenvalue weighted by atomic mass is 16.5. The zero-order chi connectivity index (χ0) is 12.7. The fraction of sp³-hybridized carbons (Fsp3) is 0.333. The molecule has 0 aromatic heterocycles. The Morgan fingerprint density at radius 2 is 1.88 bits per heavy atom. The molecule has 1 aromatic carbocycles. The number of carbonyl (C=O) groups is 2. The summed E-state index contributed by atoms with van der Waals surface area (Å²) in [6.07, 6.45) is 0.0845. The van der Waals surface area contributed by atoms with Crippen LogP contribution in [0, 0.1) is 6.92 Å². The van der Waals surface area contributed by atoms with Crippen LogP contribution in [0.4, 0.5) is 0 Å². The summed E-state index contributed by atoms with van der Waals surface area (Å²) in [5, 5.41) is 0. The SMILES string of the molecule is Cc1ccc(OCCC(=O)OCC(N)=O)cc1. The molecule has 5 nitrogen and oxygen atoms in total. The first kappa shape index (κ1) is 13.0. The second kappa shape index (κ2) is 6.52. The summed E-state index contributed by atoms with van der Waals surface area (Å²) in [6, 6.07) is 7.48. The standard InChI is InChI=1S/C12H15NO4/c1-9-2-4-10(5-3-9)16-7-6-12(15)17-8-11(13)14/h2-5H,6-8H2,1H3,(H2,13,14). The number of amides is 1. The number of hydrogen-bond donors (Lipinski definition) is 1. The normalized spacial score (nSPS) is 9.71. The van der Waals surface area contributed by atoms with Crippen molar-refractivity contribution in [3.05, 3.63) is 29.8 Å². The number of hydrogen-bond acceptors (Lipinski definition) is 4. The lowest BCUT2D eigenvalue weighted by molar-refractivity contribution is -0.148. The van der Waals surface area contributed by atoms with Crippen molar-refractivity contribution in [3.8, 4) is 5.75 Å². The molecular formula is C12H15NO4. The lowest BCUT2D eigenvalue weighted by Gasteiger charge is -2.06. The highest BCUT2D eigenvalue weighted by Gasteiger charge is 2.05. The molecule has 5 heteroatoms. The van der Waals surface area contributed by atoms with Crippen molar-refractivity contribution in [3.63, 3.8) is 0 Å². The molecule has 0 fully saturated rings. The minimum absolute atomic E-state index is 0.0845. The van der Waals surface area contributed by atoms with Crippen LogP contribution in [0.15, 0.2) is 24.3 Å². The molecular weight excluding hydrogens is 222 g/mol. The lowest BCUT2D eigenvalue weighted by atomic mass is 10.2. The summed E-state index contributed by atoms with van der Waals surface area (Å²) in [7, 11) is 0. The van der Waals surface area contributed by atoms with Gasteiger partial charge in [-0.15, -0.1) is 0 Å². The van der Waals surface area contributed by atoms with Gasteiger partial charge in [0.25, 0.3) is 5.91 Å². The van der Waals surface area contributed by atoms with E-state index in [1.165, 1.54) is 0 Å². The number of esters is 1. The molecule has 17 heavy (non-hydrogen) atoms. The van der Waals surface area contributed by atoms with Gasteiger partial charge in [0.05, 0.1) is 13.0 Å². The molecule has 0 aliphatic rings. The van der Waals surface area contributed by atoms with Crippen molar-refractivity contribution in [2.75, 3.05) is 13.2 Å². The van der Waals surface area contributed by atoms with Gasteiger partial charge in [-0.1, -0.05) is 17.7 Å². The first-order valence-corrected chi connectivity index (χ1v) is 5.21. The Morgan fingerprint density at radius 1 is 1.24 bits per heavy atom. The molecule has 0 aliphatic heterocycles. The van der Waals surface area contributed by atoms with Gasteiger partial charge in [0.1, 0.15) is 5.75 Å². The molecule has 0 unspecified atom stereocenters. The van der Waals surface area contributed by atoms with Crippen LogP contribution in [-0.4, -0.2) is 25.1 Å². The van der Waals surface area contributed by atoms with E-state index in [-0.39, 0.29) is 19.6 Å². The smallest absolute Gasteiger partial charge is 0.309 e. The van der Waals surface area contributed by atoms with E-state index in [0.29, 0.717) is 5.75 Å². The highest BCUT2D eigenvalue weighted by Crippen LogP contribution is 2.11. The van der Waals surface area contributed by atoms with Gasteiger partial charge in [0, 0.05) is 0 Å². The van der Waals surface area contributed by atoms with Crippen LogP contribution < -0.4 is 10.5 Å². The number of ether oxygens (including phenoxy) is 2. The Bertz CT molecular complexity index is 386. The molecule has 1 amide bonds. The monoisotopic (exact) mass is 237 g/mol. The van der Waals surface area contributed by atoms with Gasteiger partial charge >= 0.3 is 5.97 Å². The number of aryl methyl sites for hydroxylation is 1. The van der Waals surface area contributed by atoms with Crippen LogP contribution >= 0.6 is 0 Å². The van der Waals surface area contributed by atoms with Crippen LogP contribution in [-0.2, 0) is 14.3 Å². The molecule has 2 N–H and O–H groups in total. The largest absolute Gasteiger partial charge is 0.493 e. The number of primary amides is 1. The summed E-state index contributed by atoms with van der Waals surface area (Å²) in [5.41, 5.74) is 5.96. The minimum atomic E-state index is -0.669.